The average Bonchev–Trinajstić information content (AvgIpc) is 2.33. The van der Waals surface area contributed by atoms with Crippen LogP contribution in [0, 0.1) is 6.92 Å². The molecule has 0 aliphatic heterocycles. The van der Waals surface area contributed by atoms with Crippen molar-refractivity contribution in [2.24, 2.45) is 0 Å². The minimum atomic E-state index is 0.676. The predicted octanol–water partition coefficient (Wildman–Crippen LogP) is 3.71. The Kier molecular flexibility index (Phi) is 3.73. The summed E-state index contributed by atoms with van der Waals surface area (Å²) in [5.41, 5.74) is 3.77. The Morgan fingerprint density at radius 1 is 0.812 bits per heavy atom. The van der Waals surface area contributed by atoms with Crippen molar-refractivity contribution >= 4 is 0 Å². The van der Waals surface area contributed by atoms with Crippen molar-refractivity contribution in [2.45, 2.75) is 20.1 Å². The first-order valence-electron chi connectivity index (χ1n) is 5.52. The normalized spacial score (nSPS) is 10.3. The number of rotatable bonds is 4. The Balaban J connectivity index is 1.87. The smallest absolute Gasteiger partial charge is 0.0724 e. The van der Waals surface area contributed by atoms with E-state index in [4.69, 9.17) is 4.74 Å². The third-order valence-electron chi connectivity index (χ3n) is 2.63. The van der Waals surface area contributed by atoms with Crippen molar-refractivity contribution in [3.05, 3.63) is 71.3 Å². The second-order valence-electron chi connectivity index (χ2n) is 3.90. The average molecular weight is 212 g/mol. The van der Waals surface area contributed by atoms with Crippen LogP contribution in [0.5, 0.6) is 0 Å². The zero-order valence-corrected chi connectivity index (χ0v) is 9.52. The lowest BCUT2D eigenvalue weighted by atomic mass is 10.1. The standard InChI is InChI=1S/C15H16O/c1-13-7-5-6-10-15(13)12-16-11-14-8-3-2-4-9-14/h2-10H,11-12H2,1H3. The third kappa shape index (κ3) is 2.94. The first kappa shape index (κ1) is 10.9. The fourth-order valence-corrected chi connectivity index (χ4v) is 1.63. The third-order valence-corrected chi connectivity index (χ3v) is 2.63. The fourth-order valence-electron chi connectivity index (χ4n) is 1.63. The molecular formula is C15H16O. The van der Waals surface area contributed by atoms with Gasteiger partial charge in [-0.05, 0) is 23.6 Å². The Bertz CT molecular complexity index is 434. The molecule has 0 spiro atoms. The molecule has 2 rings (SSSR count). The van der Waals surface area contributed by atoms with Gasteiger partial charge in [0.15, 0.2) is 0 Å². The van der Waals surface area contributed by atoms with Crippen LogP contribution in [-0.2, 0) is 18.0 Å². The van der Waals surface area contributed by atoms with E-state index in [1.807, 2.05) is 24.3 Å². The van der Waals surface area contributed by atoms with E-state index in [2.05, 4.69) is 37.3 Å². The Morgan fingerprint density at radius 3 is 2.25 bits per heavy atom. The second kappa shape index (κ2) is 5.47. The van der Waals surface area contributed by atoms with Gasteiger partial charge in [0, 0.05) is 0 Å². The molecule has 0 amide bonds. The number of hydrogen-bond donors (Lipinski definition) is 0. The Morgan fingerprint density at radius 2 is 1.50 bits per heavy atom. The molecule has 82 valence electrons. The molecule has 0 aliphatic rings. The molecule has 0 N–H and O–H groups in total. The molecule has 2 aromatic carbocycles. The summed E-state index contributed by atoms with van der Waals surface area (Å²) in [7, 11) is 0. The number of benzene rings is 2. The summed E-state index contributed by atoms with van der Waals surface area (Å²) in [6.07, 6.45) is 0. The molecule has 0 saturated heterocycles. The molecule has 16 heavy (non-hydrogen) atoms. The van der Waals surface area contributed by atoms with Crippen molar-refractivity contribution in [3.8, 4) is 0 Å². The van der Waals surface area contributed by atoms with Gasteiger partial charge < -0.3 is 4.74 Å². The highest BCUT2D eigenvalue weighted by atomic mass is 16.5. The fraction of sp³-hybridized carbons (Fsp3) is 0.200. The molecular weight excluding hydrogens is 196 g/mol. The van der Waals surface area contributed by atoms with Crippen LogP contribution >= 0.6 is 0 Å². The van der Waals surface area contributed by atoms with Crippen LogP contribution in [0.4, 0.5) is 0 Å². The van der Waals surface area contributed by atoms with E-state index in [9.17, 15) is 0 Å². The van der Waals surface area contributed by atoms with Gasteiger partial charge in [0.2, 0.25) is 0 Å². The zero-order chi connectivity index (χ0) is 11.2. The van der Waals surface area contributed by atoms with Crippen LogP contribution < -0.4 is 0 Å². The van der Waals surface area contributed by atoms with Gasteiger partial charge in [0.1, 0.15) is 0 Å². The van der Waals surface area contributed by atoms with Crippen molar-refractivity contribution in [2.75, 3.05) is 0 Å². The SMILES string of the molecule is Cc1ccccc1COCc1ccccc1. The first-order chi connectivity index (χ1) is 7.86. The molecule has 0 heterocycles. The minimum absolute atomic E-state index is 0.676. The van der Waals surface area contributed by atoms with E-state index < -0.39 is 0 Å². The van der Waals surface area contributed by atoms with E-state index in [0.29, 0.717) is 13.2 Å². The van der Waals surface area contributed by atoms with Gasteiger partial charge in [-0.25, -0.2) is 0 Å². The van der Waals surface area contributed by atoms with Gasteiger partial charge in [-0.2, -0.15) is 0 Å². The molecule has 0 fully saturated rings. The summed E-state index contributed by atoms with van der Waals surface area (Å²) in [4.78, 5) is 0. The summed E-state index contributed by atoms with van der Waals surface area (Å²) < 4.78 is 5.69. The second-order valence-corrected chi connectivity index (χ2v) is 3.90. The molecule has 0 saturated carbocycles. The molecule has 2 aromatic rings. The maximum atomic E-state index is 5.69. The molecule has 0 unspecified atom stereocenters. The molecule has 0 bridgehead atoms. The zero-order valence-electron chi connectivity index (χ0n) is 9.52. The van der Waals surface area contributed by atoms with E-state index in [1.54, 1.807) is 0 Å². The maximum absolute atomic E-state index is 5.69. The lowest BCUT2D eigenvalue weighted by molar-refractivity contribution is 0.107. The van der Waals surface area contributed by atoms with Gasteiger partial charge in [-0.1, -0.05) is 54.6 Å². The largest absolute Gasteiger partial charge is 0.372 e. The molecule has 0 atom stereocenters. The van der Waals surface area contributed by atoms with Crippen molar-refractivity contribution in [1.29, 1.82) is 0 Å². The summed E-state index contributed by atoms with van der Waals surface area (Å²) in [5.74, 6) is 0. The van der Waals surface area contributed by atoms with Gasteiger partial charge in [-0.15, -0.1) is 0 Å². The van der Waals surface area contributed by atoms with E-state index in [-0.39, 0.29) is 0 Å². The quantitative estimate of drug-likeness (QED) is 0.750. The first-order valence-corrected chi connectivity index (χ1v) is 5.52. The van der Waals surface area contributed by atoms with Gasteiger partial charge in [0.25, 0.3) is 0 Å². The lowest BCUT2D eigenvalue weighted by Crippen LogP contribution is -1.95. The van der Waals surface area contributed by atoms with E-state index in [1.165, 1.54) is 16.7 Å². The van der Waals surface area contributed by atoms with Crippen LogP contribution in [0.3, 0.4) is 0 Å². The minimum Gasteiger partial charge on any atom is -0.372 e. The van der Waals surface area contributed by atoms with Gasteiger partial charge in [-0.3, -0.25) is 0 Å². The monoisotopic (exact) mass is 212 g/mol. The Labute approximate surface area is 96.7 Å². The topological polar surface area (TPSA) is 9.23 Å². The summed E-state index contributed by atoms with van der Waals surface area (Å²) >= 11 is 0. The van der Waals surface area contributed by atoms with Crippen LogP contribution in [-0.4, -0.2) is 0 Å². The van der Waals surface area contributed by atoms with Gasteiger partial charge in [0.05, 0.1) is 13.2 Å². The van der Waals surface area contributed by atoms with Crippen LogP contribution in [0.1, 0.15) is 16.7 Å². The lowest BCUT2D eigenvalue weighted by Gasteiger charge is -2.06. The summed E-state index contributed by atoms with van der Waals surface area (Å²) in [6, 6.07) is 18.6. The Hall–Kier alpha value is -1.60. The maximum Gasteiger partial charge on any atom is 0.0724 e. The molecule has 1 nitrogen and oxygen atoms in total. The number of ether oxygens (including phenoxy) is 1. The molecule has 1 heteroatoms. The number of hydrogen-bond acceptors (Lipinski definition) is 1. The van der Waals surface area contributed by atoms with E-state index in [0.717, 1.165) is 0 Å². The van der Waals surface area contributed by atoms with Crippen molar-refractivity contribution in [1.82, 2.24) is 0 Å². The highest BCUT2D eigenvalue weighted by molar-refractivity contribution is 5.24. The van der Waals surface area contributed by atoms with E-state index >= 15 is 0 Å². The van der Waals surface area contributed by atoms with Crippen molar-refractivity contribution in [3.63, 3.8) is 0 Å². The number of aryl methyl sites for hydroxylation is 1. The summed E-state index contributed by atoms with van der Waals surface area (Å²) in [6.45, 7) is 3.47. The van der Waals surface area contributed by atoms with Crippen molar-refractivity contribution < 1.29 is 4.74 Å². The highest BCUT2D eigenvalue weighted by Gasteiger charge is 1.97. The van der Waals surface area contributed by atoms with Crippen LogP contribution in [0.15, 0.2) is 54.6 Å². The van der Waals surface area contributed by atoms with Gasteiger partial charge >= 0.3 is 0 Å². The van der Waals surface area contributed by atoms with Crippen LogP contribution in [0.2, 0.25) is 0 Å². The molecule has 0 aliphatic carbocycles. The molecule has 0 radical (unpaired) electrons. The molecule has 0 aromatic heterocycles. The highest BCUT2D eigenvalue weighted by Crippen LogP contribution is 2.10. The predicted molar refractivity (Wildman–Crippen MR) is 66.1 cm³/mol. The van der Waals surface area contributed by atoms with Crippen LogP contribution in [0.25, 0.3) is 0 Å². The summed E-state index contributed by atoms with van der Waals surface area (Å²) in [5, 5.41) is 0.